The molecule has 1 radical (unpaired) electrons. The Morgan fingerprint density at radius 1 is 1.53 bits per heavy atom. The smallest absolute Gasteiger partial charge is 0.0586 e. The molecule has 0 amide bonds. The SMILES string of the molecule is CCN(C)CC[CH]CN1CCC[C@H]1CO. The van der Waals surface area contributed by atoms with E-state index in [1.54, 1.807) is 0 Å². The summed E-state index contributed by atoms with van der Waals surface area (Å²) in [5.41, 5.74) is 0. The first-order valence-electron chi connectivity index (χ1n) is 6.13. The van der Waals surface area contributed by atoms with Crippen LogP contribution in [0.3, 0.4) is 0 Å². The molecule has 1 atom stereocenters. The number of aliphatic hydroxyl groups is 1. The molecule has 3 heteroatoms. The first kappa shape index (κ1) is 12.9. The lowest BCUT2D eigenvalue weighted by Crippen LogP contribution is -2.33. The molecule has 0 aromatic carbocycles. The van der Waals surface area contributed by atoms with Gasteiger partial charge in [-0.25, -0.2) is 0 Å². The Bertz CT molecular complexity index is 164. The highest BCUT2D eigenvalue weighted by molar-refractivity contribution is 4.83. The van der Waals surface area contributed by atoms with Crippen LogP contribution >= 0.6 is 0 Å². The lowest BCUT2D eigenvalue weighted by atomic mass is 10.2. The normalized spacial score (nSPS) is 22.8. The van der Waals surface area contributed by atoms with Crippen LogP contribution in [0.2, 0.25) is 0 Å². The maximum atomic E-state index is 9.16. The number of likely N-dealkylation sites (tertiary alicyclic amines) is 1. The van der Waals surface area contributed by atoms with Gasteiger partial charge in [-0.3, -0.25) is 4.90 Å². The van der Waals surface area contributed by atoms with Gasteiger partial charge < -0.3 is 10.0 Å². The maximum Gasteiger partial charge on any atom is 0.0586 e. The quantitative estimate of drug-likeness (QED) is 0.639. The molecule has 1 heterocycles. The number of hydrogen-bond acceptors (Lipinski definition) is 3. The fourth-order valence-electron chi connectivity index (χ4n) is 2.07. The van der Waals surface area contributed by atoms with Gasteiger partial charge in [-0.05, 0) is 52.4 Å². The molecule has 0 saturated carbocycles. The van der Waals surface area contributed by atoms with Crippen molar-refractivity contribution in [2.45, 2.75) is 32.2 Å². The molecule has 0 aromatic rings. The van der Waals surface area contributed by atoms with Crippen molar-refractivity contribution >= 4 is 0 Å². The van der Waals surface area contributed by atoms with Crippen LogP contribution in [-0.4, -0.2) is 60.8 Å². The lowest BCUT2D eigenvalue weighted by molar-refractivity contribution is 0.165. The van der Waals surface area contributed by atoms with Crippen LogP contribution in [0.5, 0.6) is 0 Å². The van der Waals surface area contributed by atoms with Gasteiger partial charge in [-0.15, -0.1) is 0 Å². The average Bonchev–Trinajstić information content (AvgIpc) is 2.71. The molecular formula is C12H25N2O. The number of unbranched alkanes of at least 4 members (excludes halogenated alkanes) is 1. The largest absolute Gasteiger partial charge is 0.395 e. The molecule has 1 rings (SSSR count). The van der Waals surface area contributed by atoms with E-state index in [4.69, 9.17) is 5.11 Å². The van der Waals surface area contributed by atoms with Gasteiger partial charge in [-0.1, -0.05) is 6.92 Å². The predicted octanol–water partition coefficient (Wildman–Crippen LogP) is 0.989. The summed E-state index contributed by atoms with van der Waals surface area (Å²) < 4.78 is 0. The highest BCUT2D eigenvalue weighted by Crippen LogP contribution is 2.16. The van der Waals surface area contributed by atoms with Gasteiger partial charge in [0.25, 0.3) is 0 Å². The van der Waals surface area contributed by atoms with Crippen molar-refractivity contribution in [1.82, 2.24) is 9.80 Å². The van der Waals surface area contributed by atoms with E-state index in [2.05, 4.69) is 30.2 Å². The summed E-state index contributed by atoms with van der Waals surface area (Å²) in [4.78, 5) is 4.72. The summed E-state index contributed by atoms with van der Waals surface area (Å²) in [6, 6.07) is 0.421. The average molecular weight is 213 g/mol. The third kappa shape index (κ3) is 4.49. The monoisotopic (exact) mass is 213 g/mol. The zero-order valence-corrected chi connectivity index (χ0v) is 10.2. The summed E-state index contributed by atoms with van der Waals surface area (Å²) in [7, 11) is 2.15. The highest BCUT2D eigenvalue weighted by Gasteiger charge is 2.22. The molecule has 0 aliphatic carbocycles. The fraction of sp³-hybridized carbons (Fsp3) is 0.917. The Kier molecular flexibility index (Phi) is 6.22. The van der Waals surface area contributed by atoms with Crippen LogP contribution in [0.15, 0.2) is 0 Å². The number of aliphatic hydroxyl groups excluding tert-OH is 1. The van der Waals surface area contributed by atoms with Crippen LogP contribution in [0.4, 0.5) is 0 Å². The molecule has 0 spiro atoms. The van der Waals surface area contributed by atoms with Crippen molar-refractivity contribution in [3.63, 3.8) is 0 Å². The Balaban J connectivity index is 2.04. The molecule has 1 fully saturated rings. The van der Waals surface area contributed by atoms with E-state index in [1.165, 1.54) is 12.8 Å². The summed E-state index contributed by atoms with van der Waals surface area (Å²) in [5, 5.41) is 9.16. The van der Waals surface area contributed by atoms with Crippen molar-refractivity contribution < 1.29 is 5.11 Å². The second-order valence-corrected chi connectivity index (χ2v) is 4.45. The third-order valence-corrected chi connectivity index (χ3v) is 3.33. The Hall–Kier alpha value is -0.120. The zero-order chi connectivity index (χ0) is 11.1. The predicted molar refractivity (Wildman–Crippen MR) is 63.8 cm³/mol. The Labute approximate surface area is 94.1 Å². The van der Waals surface area contributed by atoms with Gasteiger partial charge in [0.2, 0.25) is 0 Å². The van der Waals surface area contributed by atoms with Crippen LogP contribution in [0, 0.1) is 6.42 Å². The minimum Gasteiger partial charge on any atom is -0.395 e. The molecular weight excluding hydrogens is 188 g/mol. The van der Waals surface area contributed by atoms with E-state index in [0.29, 0.717) is 12.6 Å². The van der Waals surface area contributed by atoms with Gasteiger partial charge >= 0.3 is 0 Å². The van der Waals surface area contributed by atoms with E-state index >= 15 is 0 Å². The van der Waals surface area contributed by atoms with Crippen LogP contribution < -0.4 is 0 Å². The van der Waals surface area contributed by atoms with Crippen LogP contribution in [0.25, 0.3) is 0 Å². The minimum absolute atomic E-state index is 0.322. The van der Waals surface area contributed by atoms with E-state index < -0.39 is 0 Å². The first-order valence-corrected chi connectivity index (χ1v) is 6.13. The number of rotatable bonds is 7. The van der Waals surface area contributed by atoms with Gasteiger partial charge in [0.1, 0.15) is 0 Å². The standard InChI is InChI=1S/C12H25N2O/c1-3-13(2)8-4-5-9-14-10-6-7-12(14)11-15/h5,12,15H,3-4,6-11H2,1-2H3/t12-/m0/s1. The molecule has 1 aliphatic heterocycles. The van der Waals surface area contributed by atoms with Gasteiger partial charge in [0.15, 0.2) is 0 Å². The molecule has 1 aliphatic rings. The maximum absolute atomic E-state index is 9.16. The molecule has 3 nitrogen and oxygen atoms in total. The number of hydrogen-bond donors (Lipinski definition) is 1. The van der Waals surface area contributed by atoms with Crippen molar-refractivity contribution in [3.8, 4) is 0 Å². The highest BCUT2D eigenvalue weighted by atomic mass is 16.3. The van der Waals surface area contributed by atoms with Crippen LogP contribution in [-0.2, 0) is 0 Å². The molecule has 1 N–H and O–H groups in total. The third-order valence-electron chi connectivity index (χ3n) is 3.33. The van der Waals surface area contributed by atoms with Gasteiger partial charge in [-0.2, -0.15) is 0 Å². The van der Waals surface area contributed by atoms with E-state index in [-0.39, 0.29) is 0 Å². The Morgan fingerprint density at radius 2 is 2.33 bits per heavy atom. The molecule has 1 saturated heterocycles. The van der Waals surface area contributed by atoms with Crippen molar-refractivity contribution in [1.29, 1.82) is 0 Å². The molecule has 89 valence electrons. The summed E-state index contributed by atoms with van der Waals surface area (Å²) in [6.45, 7) is 6.98. The summed E-state index contributed by atoms with van der Waals surface area (Å²) in [6.07, 6.45) is 5.91. The Morgan fingerprint density at radius 3 is 3.00 bits per heavy atom. The van der Waals surface area contributed by atoms with Gasteiger partial charge in [0.05, 0.1) is 6.61 Å². The molecule has 15 heavy (non-hydrogen) atoms. The van der Waals surface area contributed by atoms with E-state index in [1.807, 2.05) is 0 Å². The van der Waals surface area contributed by atoms with Crippen LogP contribution in [0.1, 0.15) is 26.2 Å². The van der Waals surface area contributed by atoms with Crippen molar-refractivity contribution in [2.24, 2.45) is 0 Å². The molecule has 0 bridgehead atoms. The van der Waals surface area contributed by atoms with Crippen molar-refractivity contribution in [3.05, 3.63) is 6.42 Å². The first-order chi connectivity index (χ1) is 7.27. The van der Waals surface area contributed by atoms with E-state index in [9.17, 15) is 0 Å². The molecule has 0 aromatic heterocycles. The summed E-state index contributed by atoms with van der Waals surface area (Å²) >= 11 is 0. The minimum atomic E-state index is 0.322. The number of nitrogens with zero attached hydrogens (tertiary/aromatic N) is 2. The second-order valence-electron chi connectivity index (χ2n) is 4.45. The van der Waals surface area contributed by atoms with Gasteiger partial charge in [0, 0.05) is 12.6 Å². The lowest BCUT2D eigenvalue weighted by Gasteiger charge is -2.22. The zero-order valence-electron chi connectivity index (χ0n) is 10.2. The second kappa shape index (κ2) is 7.20. The topological polar surface area (TPSA) is 26.7 Å². The van der Waals surface area contributed by atoms with E-state index in [0.717, 1.165) is 32.6 Å². The fourth-order valence-corrected chi connectivity index (χ4v) is 2.07. The summed E-state index contributed by atoms with van der Waals surface area (Å²) in [5.74, 6) is 0. The van der Waals surface area contributed by atoms with Crippen molar-refractivity contribution in [2.75, 3.05) is 39.8 Å². The molecule has 0 unspecified atom stereocenters.